The summed E-state index contributed by atoms with van der Waals surface area (Å²) in [6, 6.07) is 0. The molecule has 4 rings (SSSR count). The molecule has 4 aliphatic rings. The van der Waals surface area contributed by atoms with Crippen LogP contribution >= 0.6 is 0 Å². The van der Waals surface area contributed by atoms with Crippen LogP contribution in [0.25, 0.3) is 0 Å². The van der Waals surface area contributed by atoms with Crippen molar-refractivity contribution in [3.8, 4) is 0 Å². The Kier molecular flexibility index (Phi) is 11.2. The zero-order valence-electron chi connectivity index (χ0n) is 21.4. The van der Waals surface area contributed by atoms with Crippen LogP contribution in [0.3, 0.4) is 0 Å². The summed E-state index contributed by atoms with van der Waals surface area (Å²) in [5.41, 5.74) is 0. The first-order chi connectivity index (χ1) is 19.3. The first-order valence-corrected chi connectivity index (χ1v) is 12.9. The minimum atomic E-state index is -1.93. The first-order valence-electron chi connectivity index (χ1n) is 12.9. The van der Waals surface area contributed by atoms with Gasteiger partial charge in [-0.25, -0.2) is 0 Å². The van der Waals surface area contributed by atoms with Gasteiger partial charge in [0.1, 0.15) is 85.5 Å². The second kappa shape index (κ2) is 13.9. The maximum absolute atomic E-state index is 10.6. The molecular weight excluding hydrogens is 568 g/mol. The summed E-state index contributed by atoms with van der Waals surface area (Å²) in [4.78, 5) is 0. The summed E-state index contributed by atoms with van der Waals surface area (Å²) in [6.07, 6.45) is -29.8. The number of aliphatic hydroxyl groups is 12. The molecule has 0 aromatic carbocycles. The molecule has 19 nitrogen and oxygen atoms in total. The molecule has 0 saturated carbocycles. The molecule has 0 bridgehead atoms. The lowest BCUT2D eigenvalue weighted by atomic mass is 9.97. The summed E-state index contributed by atoms with van der Waals surface area (Å²) < 4.78 is 37.3. The van der Waals surface area contributed by atoms with Gasteiger partial charge in [0, 0.05) is 0 Å². The molecule has 0 radical (unpaired) electrons. The normalized spacial score (nSPS) is 53.3. The van der Waals surface area contributed by atoms with E-state index < -0.39 is 124 Å². The van der Waals surface area contributed by atoms with Gasteiger partial charge in [0.05, 0.1) is 26.4 Å². The minimum Gasteiger partial charge on any atom is -0.388 e. The average molecular weight is 607 g/mol. The third kappa shape index (κ3) is 7.15. The van der Waals surface area contributed by atoms with Gasteiger partial charge in [0.25, 0.3) is 0 Å². The Bertz CT molecular complexity index is 824. The highest BCUT2D eigenvalue weighted by Crippen LogP contribution is 2.30. The van der Waals surface area contributed by atoms with Crippen molar-refractivity contribution in [1.82, 2.24) is 0 Å². The molecule has 4 aliphatic heterocycles. The van der Waals surface area contributed by atoms with E-state index in [1.807, 2.05) is 0 Å². The SMILES string of the molecule is O[C@@H]1[C@@H](O)[C@@H](O[C@H]2[C@H](O)[C@@H](O)[C@@H](O)O[C@@H]2CO[C@H]2OC[C@@H](O)[C@H](O)[C@H]2O)O[C@H](CO[C@H]2OC[C@@H](O)[C@H](O)[C@H]2O)[C@H]1O. The van der Waals surface area contributed by atoms with E-state index in [0.29, 0.717) is 0 Å². The summed E-state index contributed by atoms with van der Waals surface area (Å²) in [6.45, 7) is -1.93. The third-order valence-electron chi connectivity index (χ3n) is 7.38. The van der Waals surface area contributed by atoms with Crippen molar-refractivity contribution in [2.75, 3.05) is 26.4 Å². The van der Waals surface area contributed by atoms with E-state index >= 15 is 0 Å². The molecule has 4 fully saturated rings. The minimum absolute atomic E-state index is 0.371. The lowest BCUT2D eigenvalue weighted by molar-refractivity contribution is -0.365. The Morgan fingerprint density at radius 2 is 0.951 bits per heavy atom. The number of hydrogen-bond donors (Lipinski definition) is 12. The van der Waals surface area contributed by atoms with Gasteiger partial charge in [-0.2, -0.15) is 0 Å². The van der Waals surface area contributed by atoms with Crippen molar-refractivity contribution in [3.05, 3.63) is 0 Å². The molecule has 41 heavy (non-hydrogen) atoms. The highest BCUT2D eigenvalue weighted by Gasteiger charge is 2.51. The standard InChI is InChI=1S/C22H38O19/c23-5-1-35-20(15(31)9(5)25)37-3-7-11(27)12(28)17(33)22(40-7)41-18-8(39-19(34)14(30)13(18)29)4-38-21-16(32)10(26)6(24)2-36-21/h5-34H,1-4H2/t5-,6-,7-,8-,9+,10+,11-,12+,13-,14-,15-,16-,17-,18-,19+,20-,21-,22-/m1/s1. The van der Waals surface area contributed by atoms with Crippen molar-refractivity contribution in [1.29, 1.82) is 0 Å². The van der Waals surface area contributed by atoms with Gasteiger partial charge in [-0.3, -0.25) is 0 Å². The molecule has 19 heteroatoms. The van der Waals surface area contributed by atoms with Crippen LogP contribution in [0.5, 0.6) is 0 Å². The van der Waals surface area contributed by atoms with E-state index in [1.165, 1.54) is 0 Å². The summed E-state index contributed by atoms with van der Waals surface area (Å²) >= 11 is 0. The lowest BCUT2D eigenvalue weighted by Gasteiger charge is -2.46. The molecule has 0 aromatic heterocycles. The van der Waals surface area contributed by atoms with Crippen LogP contribution in [-0.4, -0.2) is 198 Å². The van der Waals surface area contributed by atoms with Crippen molar-refractivity contribution in [2.24, 2.45) is 0 Å². The Labute approximate surface area is 232 Å². The highest BCUT2D eigenvalue weighted by atomic mass is 16.7. The molecule has 240 valence electrons. The van der Waals surface area contributed by atoms with Gasteiger partial charge >= 0.3 is 0 Å². The fourth-order valence-corrected chi connectivity index (χ4v) is 4.77. The number of ether oxygens (including phenoxy) is 7. The summed E-state index contributed by atoms with van der Waals surface area (Å²) in [5.74, 6) is 0. The van der Waals surface area contributed by atoms with Crippen LogP contribution in [0, 0.1) is 0 Å². The lowest BCUT2D eigenvalue weighted by Crippen LogP contribution is -2.65. The zero-order chi connectivity index (χ0) is 30.2. The monoisotopic (exact) mass is 606 g/mol. The summed E-state index contributed by atoms with van der Waals surface area (Å²) in [5, 5.41) is 121. The van der Waals surface area contributed by atoms with E-state index in [4.69, 9.17) is 33.2 Å². The van der Waals surface area contributed by atoms with Crippen molar-refractivity contribution in [3.63, 3.8) is 0 Å². The van der Waals surface area contributed by atoms with Crippen molar-refractivity contribution in [2.45, 2.75) is 111 Å². The van der Waals surface area contributed by atoms with Gasteiger partial charge < -0.3 is 94.4 Å². The molecule has 4 saturated heterocycles. The largest absolute Gasteiger partial charge is 0.388 e. The van der Waals surface area contributed by atoms with Crippen LogP contribution in [0.2, 0.25) is 0 Å². The molecule has 0 aliphatic carbocycles. The van der Waals surface area contributed by atoms with E-state index in [9.17, 15) is 61.3 Å². The predicted molar refractivity (Wildman–Crippen MR) is 122 cm³/mol. The maximum atomic E-state index is 10.6. The van der Waals surface area contributed by atoms with Crippen LogP contribution in [0.15, 0.2) is 0 Å². The summed E-state index contributed by atoms with van der Waals surface area (Å²) in [7, 11) is 0. The van der Waals surface area contributed by atoms with E-state index in [-0.39, 0.29) is 13.2 Å². The van der Waals surface area contributed by atoms with Gasteiger partial charge in [-0.15, -0.1) is 0 Å². The Balaban J connectivity index is 1.41. The van der Waals surface area contributed by atoms with Crippen LogP contribution < -0.4 is 0 Å². The van der Waals surface area contributed by atoms with Crippen LogP contribution in [-0.2, 0) is 33.2 Å². The number of aliphatic hydroxyl groups excluding tert-OH is 12. The first kappa shape index (κ1) is 33.1. The Hall–Kier alpha value is -0.760. The quantitative estimate of drug-likeness (QED) is 0.122. The van der Waals surface area contributed by atoms with Crippen LogP contribution in [0.4, 0.5) is 0 Å². The maximum Gasteiger partial charge on any atom is 0.187 e. The van der Waals surface area contributed by atoms with Gasteiger partial charge in [0.2, 0.25) is 0 Å². The second-order valence-electron chi connectivity index (χ2n) is 10.3. The molecular formula is C22H38O19. The Morgan fingerprint density at radius 3 is 1.49 bits per heavy atom. The molecule has 18 atom stereocenters. The average Bonchev–Trinajstić information content (AvgIpc) is 2.95. The smallest absolute Gasteiger partial charge is 0.187 e. The molecule has 0 aromatic rings. The van der Waals surface area contributed by atoms with E-state index in [2.05, 4.69) is 0 Å². The van der Waals surface area contributed by atoms with Gasteiger partial charge in [-0.05, 0) is 0 Å². The fraction of sp³-hybridized carbons (Fsp3) is 1.00. The second-order valence-corrected chi connectivity index (χ2v) is 10.3. The fourth-order valence-electron chi connectivity index (χ4n) is 4.77. The van der Waals surface area contributed by atoms with E-state index in [1.54, 1.807) is 0 Å². The predicted octanol–water partition coefficient (Wildman–Crippen LogP) is -8.47. The highest BCUT2D eigenvalue weighted by molar-refractivity contribution is 4.94. The molecule has 4 heterocycles. The Morgan fingerprint density at radius 1 is 0.463 bits per heavy atom. The van der Waals surface area contributed by atoms with Gasteiger partial charge in [0.15, 0.2) is 25.2 Å². The molecule has 0 unspecified atom stereocenters. The molecule has 0 amide bonds. The van der Waals surface area contributed by atoms with Crippen molar-refractivity contribution >= 4 is 0 Å². The topological polar surface area (TPSA) is 307 Å². The number of rotatable bonds is 8. The molecule has 12 N–H and O–H groups in total. The van der Waals surface area contributed by atoms with Crippen molar-refractivity contribution < 1.29 is 94.4 Å². The third-order valence-corrected chi connectivity index (χ3v) is 7.38. The molecule has 0 spiro atoms. The zero-order valence-corrected chi connectivity index (χ0v) is 21.4. The van der Waals surface area contributed by atoms with E-state index in [0.717, 1.165) is 0 Å². The van der Waals surface area contributed by atoms with Gasteiger partial charge in [-0.1, -0.05) is 0 Å². The van der Waals surface area contributed by atoms with Crippen LogP contribution in [0.1, 0.15) is 0 Å². The number of hydrogen-bond acceptors (Lipinski definition) is 19.